The van der Waals surface area contributed by atoms with Crippen molar-refractivity contribution in [2.45, 2.75) is 20.0 Å². The molecule has 0 bridgehead atoms. The maximum absolute atomic E-state index is 8.57. The molecule has 0 aromatic heterocycles. The molecule has 0 spiro atoms. The van der Waals surface area contributed by atoms with Crippen LogP contribution in [0.4, 0.5) is 0 Å². The van der Waals surface area contributed by atoms with E-state index >= 15 is 0 Å². The third kappa shape index (κ3) is 7.06. The summed E-state index contributed by atoms with van der Waals surface area (Å²) in [5.74, 6) is 0.157. The van der Waals surface area contributed by atoms with Gasteiger partial charge in [-0.25, -0.2) is 0 Å². The molecule has 0 aliphatic heterocycles. The summed E-state index contributed by atoms with van der Waals surface area (Å²) < 4.78 is 0. The van der Waals surface area contributed by atoms with Crippen LogP contribution in [0.15, 0.2) is 0 Å². The fourth-order valence-electron chi connectivity index (χ4n) is 0. The first kappa shape index (κ1) is 10.9. The van der Waals surface area contributed by atoms with Crippen LogP contribution in [-0.4, -0.2) is 11.2 Å². The Labute approximate surface area is 70.4 Å². The predicted molar refractivity (Wildman–Crippen MR) is 26.2 cm³/mol. The van der Waals surface area contributed by atoms with Crippen LogP contribution in [-0.2, 0) is 32.7 Å². The van der Waals surface area contributed by atoms with Gasteiger partial charge in [0.25, 0.3) is 0 Å². The molecule has 2 atom stereocenters. The van der Waals surface area contributed by atoms with Crippen LogP contribution in [0.2, 0.25) is 0 Å². The largest absolute Gasteiger partial charge is 0.396 e. The van der Waals surface area contributed by atoms with Gasteiger partial charge in [0.15, 0.2) is 0 Å². The second-order valence-electron chi connectivity index (χ2n) is 1.72. The summed E-state index contributed by atoms with van der Waals surface area (Å²) in [5, 5.41) is 8.57. The maximum Gasteiger partial charge on any atom is 0.0266 e. The van der Waals surface area contributed by atoms with E-state index in [1.807, 2.05) is 6.92 Å². The molecule has 0 rings (SSSR count). The molecule has 2 heteroatoms. The van der Waals surface area contributed by atoms with Crippen molar-refractivity contribution >= 4 is 0 Å². The van der Waals surface area contributed by atoms with Gasteiger partial charge < -0.3 is 12.0 Å². The Hall–Kier alpha value is 1.06. The van der Waals surface area contributed by atoms with Gasteiger partial charge in [0.1, 0.15) is 0 Å². The van der Waals surface area contributed by atoms with Gasteiger partial charge in [-0.2, -0.15) is 0 Å². The summed E-state index contributed by atoms with van der Waals surface area (Å²) in [6.07, 6.45) is -0.259. The molecular weight excluding hydrogens is 165 g/mol. The number of hydrogen-bond acceptors (Lipinski definition) is 1. The number of aliphatic hydroxyl groups is 1. The molecule has 1 N–H and O–H groups in total. The summed E-state index contributed by atoms with van der Waals surface area (Å²) in [5.41, 5.74) is 0. The number of rotatable bonds is 1. The van der Waals surface area contributed by atoms with Crippen LogP contribution in [0, 0.1) is 12.8 Å². The minimum atomic E-state index is -0.259. The zero-order valence-corrected chi connectivity index (χ0v) is 7.72. The van der Waals surface area contributed by atoms with Crippen molar-refractivity contribution in [2.75, 3.05) is 0 Å². The third-order valence-corrected chi connectivity index (χ3v) is 0.824. The molecule has 0 aliphatic rings. The molecule has 0 saturated heterocycles. The maximum atomic E-state index is 8.57. The molecule has 0 aromatic rings. The summed E-state index contributed by atoms with van der Waals surface area (Å²) in [6, 6.07) is 0. The Balaban J connectivity index is 0. The van der Waals surface area contributed by atoms with Gasteiger partial charge in [0, 0.05) is 38.8 Å². The van der Waals surface area contributed by atoms with Crippen molar-refractivity contribution in [1.82, 2.24) is 0 Å². The molecule has 1 radical (unpaired) electrons. The Bertz CT molecular complexity index is 29.1. The fraction of sp³-hybridized carbons (Fsp3) is 0.800. The molecule has 0 fully saturated rings. The van der Waals surface area contributed by atoms with E-state index in [9.17, 15) is 0 Å². The van der Waals surface area contributed by atoms with Gasteiger partial charge >= 0.3 is 0 Å². The van der Waals surface area contributed by atoms with E-state index < -0.39 is 0 Å². The zero-order chi connectivity index (χ0) is 5.15. The van der Waals surface area contributed by atoms with Crippen molar-refractivity contribution in [2.24, 2.45) is 5.92 Å². The van der Waals surface area contributed by atoms with Crippen molar-refractivity contribution in [1.29, 1.82) is 0 Å². The van der Waals surface area contributed by atoms with Gasteiger partial charge in [0.05, 0.1) is 0 Å². The zero-order valence-electron chi connectivity index (χ0n) is 4.89. The van der Waals surface area contributed by atoms with Gasteiger partial charge in [-0.05, 0) is 6.92 Å². The van der Waals surface area contributed by atoms with E-state index in [4.69, 9.17) is 5.11 Å². The van der Waals surface area contributed by atoms with Gasteiger partial charge in [-0.3, -0.25) is 0 Å². The van der Waals surface area contributed by atoms with Gasteiger partial charge in [-0.1, -0.05) is 6.92 Å². The normalized spacial score (nSPS) is 17.1. The third-order valence-electron chi connectivity index (χ3n) is 0.824. The van der Waals surface area contributed by atoms with Crippen molar-refractivity contribution < 1.29 is 37.8 Å². The molecule has 1 nitrogen and oxygen atoms in total. The van der Waals surface area contributed by atoms with E-state index in [1.165, 1.54) is 0 Å². The Morgan fingerprint density at radius 2 is 1.57 bits per heavy atom. The van der Waals surface area contributed by atoms with Crippen LogP contribution in [0.5, 0.6) is 0 Å². The van der Waals surface area contributed by atoms with Crippen LogP contribution in [0.1, 0.15) is 13.8 Å². The standard InChI is InChI=1S/C5H11O.Y/c1-4(2)5(3)6;/h4-6H,1H2,2-3H3;/q-1;. The summed E-state index contributed by atoms with van der Waals surface area (Å²) in [4.78, 5) is 0. The molecule has 0 amide bonds. The first-order valence-electron chi connectivity index (χ1n) is 2.15. The van der Waals surface area contributed by atoms with E-state index in [2.05, 4.69) is 6.92 Å². The molecule has 0 aliphatic carbocycles. The second-order valence-corrected chi connectivity index (χ2v) is 1.72. The molecule has 0 aromatic carbocycles. The molecule has 0 saturated carbocycles. The SMILES string of the molecule is [CH2-]C(C)C(C)O.[Y]. The summed E-state index contributed by atoms with van der Waals surface area (Å²) >= 11 is 0. The Morgan fingerprint density at radius 3 is 1.57 bits per heavy atom. The molecule has 0 heterocycles. The van der Waals surface area contributed by atoms with E-state index in [-0.39, 0.29) is 44.7 Å². The van der Waals surface area contributed by atoms with Crippen molar-refractivity contribution in [3.05, 3.63) is 6.92 Å². The monoisotopic (exact) mass is 176 g/mol. The Kier molecular flexibility index (Phi) is 8.14. The summed E-state index contributed by atoms with van der Waals surface area (Å²) in [6.45, 7) is 7.20. The van der Waals surface area contributed by atoms with Crippen molar-refractivity contribution in [3.63, 3.8) is 0 Å². The molecular formula is C5H11OY-. The smallest absolute Gasteiger partial charge is 0.0266 e. The topological polar surface area (TPSA) is 20.2 Å². The first-order valence-corrected chi connectivity index (χ1v) is 2.15. The number of hydrogen-bond donors (Lipinski definition) is 1. The van der Waals surface area contributed by atoms with E-state index in [0.717, 1.165) is 0 Å². The summed E-state index contributed by atoms with van der Waals surface area (Å²) in [7, 11) is 0. The van der Waals surface area contributed by atoms with E-state index in [1.54, 1.807) is 6.92 Å². The molecule has 41 valence electrons. The van der Waals surface area contributed by atoms with Crippen molar-refractivity contribution in [3.8, 4) is 0 Å². The van der Waals surface area contributed by atoms with Crippen LogP contribution in [0.3, 0.4) is 0 Å². The fourth-order valence-corrected chi connectivity index (χ4v) is 0. The predicted octanol–water partition coefficient (Wildman–Crippen LogP) is 0.835. The van der Waals surface area contributed by atoms with Crippen LogP contribution < -0.4 is 0 Å². The van der Waals surface area contributed by atoms with Gasteiger partial charge in [-0.15, -0.1) is 5.92 Å². The second kappa shape index (κ2) is 5.21. The van der Waals surface area contributed by atoms with Crippen LogP contribution in [0.25, 0.3) is 0 Å². The first-order chi connectivity index (χ1) is 2.64. The van der Waals surface area contributed by atoms with E-state index in [0.29, 0.717) is 0 Å². The average Bonchev–Trinajstić information content (AvgIpc) is 1.36. The molecule has 7 heavy (non-hydrogen) atoms. The minimum absolute atomic E-state index is 0. The minimum Gasteiger partial charge on any atom is -0.396 e. The molecule has 2 unspecified atom stereocenters. The van der Waals surface area contributed by atoms with Crippen LogP contribution >= 0.6 is 0 Å². The average molecular weight is 176 g/mol. The van der Waals surface area contributed by atoms with Gasteiger partial charge in [0.2, 0.25) is 0 Å². The number of aliphatic hydroxyl groups excluding tert-OH is 1. The quantitative estimate of drug-likeness (QED) is 0.587. The Morgan fingerprint density at radius 1 is 1.43 bits per heavy atom.